The van der Waals surface area contributed by atoms with Crippen LogP contribution < -0.4 is 5.32 Å². The molecule has 0 aliphatic carbocycles. The normalized spacial score (nSPS) is 22.7. The number of hydrogen-bond acceptors (Lipinski definition) is 4. The molecule has 0 unspecified atom stereocenters. The summed E-state index contributed by atoms with van der Waals surface area (Å²) < 4.78 is 4.92. The summed E-state index contributed by atoms with van der Waals surface area (Å²) in [7, 11) is 0. The third-order valence-electron chi connectivity index (χ3n) is 2.92. The molecule has 0 spiro atoms. The number of carbonyl (C=O) groups excluding carboxylic acids is 3. The van der Waals surface area contributed by atoms with Gasteiger partial charge in [0.1, 0.15) is 17.9 Å². The predicted octanol–water partition coefficient (Wildman–Crippen LogP) is 1.35. The van der Waals surface area contributed by atoms with Crippen LogP contribution in [-0.4, -0.2) is 29.8 Å². The SMILES string of the molecule is CCCCCC(=O)CC(=O)N[C@H]1C[C@H](C)OC1=O. The number of carbonyl (C=O) groups is 3. The second kappa shape index (κ2) is 7.13. The smallest absolute Gasteiger partial charge is 0.329 e. The second-order valence-electron chi connectivity index (χ2n) is 4.78. The second-order valence-corrected chi connectivity index (χ2v) is 4.78. The highest BCUT2D eigenvalue weighted by atomic mass is 16.6. The molecule has 0 aromatic rings. The van der Waals surface area contributed by atoms with Gasteiger partial charge in [-0.05, 0) is 13.3 Å². The Bertz CT molecular complexity index is 327. The fourth-order valence-electron chi connectivity index (χ4n) is 1.96. The van der Waals surface area contributed by atoms with Crippen molar-refractivity contribution in [2.75, 3.05) is 0 Å². The van der Waals surface area contributed by atoms with E-state index in [4.69, 9.17) is 4.74 Å². The van der Waals surface area contributed by atoms with E-state index in [0.29, 0.717) is 12.8 Å². The topological polar surface area (TPSA) is 72.5 Å². The summed E-state index contributed by atoms with van der Waals surface area (Å²) in [5.74, 6) is -0.859. The molecule has 18 heavy (non-hydrogen) atoms. The number of esters is 1. The Kier molecular flexibility index (Phi) is 5.82. The highest BCUT2D eigenvalue weighted by molar-refractivity contribution is 5.99. The average molecular weight is 255 g/mol. The van der Waals surface area contributed by atoms with Crippen LogP contribution in [0.1, 0.15) is 52.4 Å². The van der Waals surface area contributed by atoms with Gasteiger partial charge in [0.05, 0.1) is 6.42 Å². The number of cyclic esters (lactones) is 1. The first-order chi connectivity index (χ1) is 8.52. The van der Waals surface area contributed by atoms with E-state index in [0.717, 1.165) is 19.3 Å². The number of ketones is 1. The fourth-order valence-corrected chi connectivity index (χ4v) is 1.96. The summed E-state index contributed by atoms with van der Waals surface area (Å²) in [4.78, 5) is 34.3. The molecule has 1 heterocycles. The highest BCUT2D eigenvalue weighted by Crippen LogP contribution is 2.14. The summed E-state index contributed by atoms with van der Waals surface area (Å²) in [6.45, 7) is 3.84. The van der Waals surface area contributed by atoms with Crippen molar-refractivity contribution in [2.24, 2.45) is 0 Å². The number of rotatable bonds is 7. The van der Waals surface area contributed by atoms with Crippen molar-refractivity contribution in [3.63, 3.8) is 0 Å². The number of nitrogens with one attached hydrogen (secondary N) is 1. The summed E-state index contributed by atoms with van der Waals surface area (Å²) >= 11 is 0. The summed E-state index contributed by atoms with van der Waals surface area (Å²) in [5, 5.41) is 2.55. The quantitative estimate of drug-likeness (QED) is 0.423. The Morgan fingerprint density at radius 3 is 2.67 bits per heavy atom. The van der Waals surface area contributed by atoms with Crippen molar-refractivity contribution in [3.05, 3.63) is 0 Å². The average Bonchev–Trinajstić information content (AvgIpc) is 2.57. The predicted molar refractivity (Wildman–Crippen MR) is 65.9 cm³/mol. The van der Waals surface area contributed by atoms with Crippen molar-refractivity contribution in [2.45, 2.75) is 64.5 Å². The molecule has 1 saturated heterocycles. The molecule has 0 aromatic heterocycles. The number of Topliss-reactive ketones (excluding diaryl/α,β-unsaturated/α-hetero) is 1. The summed E-state index contributed by atoms with van der Waals surface area (Å²) in [6.07, 6.45) is 3.49. The lowest BCUT2D eigenvalue weighted by molar-refractivity contribution is -0.144. The van der Waals surface area contributed by atoms with Crippen LogP contribution >= 0.6 is 0 Å². The van der Waals surface area contributed by atoms with E-state index in [1.807, 2.05) is 0 Å². The van der Waals surface area contributed by atoms with Crippen LogP contribution in [0.25, 0.3) is 0 Å². The van der Waals surface area contributed by atoms with Gasteiger partial charge in [0, 0.05) is 12.8 Å². The van der Waals surface area contributed by atoms with Crippen LogP contribution in [0.5, 0.6) is 0 Å². The van der Waals surface area contributed by atoms with Gasteiger partial charge >= 0.3 is 5.97 Å². The molecule has 0 radical (unpaired) electrons. The van der Waals surface area contributed by atoms with Crippen molar-refractivity contribution >= 4 is 17.7 Å². The highest BCUT2D eigenvalue weighted by Gasteiger charge is 2.33. The third kappa shape index (κ3) is 4.85. The van der Waals surface area contributed by atoms with Crippen LogP contribution in [-0.2, 0) is 19.1 Å². The minimum Gasteiger partial charge on any atom is -0.461 e. The zero-order valence-corrected chi connectivity index (χ0v) is 11.0. The van der Waals surface area contributed by atoms with E-state index in [1.54, 1.807) is 6.92 Å². The third-order valence-corrected chi connectivity index (χ3v) is 2.92. The van der Waals surface area contributed by atoms with Crippen molar-refractivity contribution in [1.29, 1.82) is 0 Å². The van der Waals surface area contributed by atoms with Crippen LogP contribution in [0.3, 0.4) is 0 Å². The standard InChI is InChI=1S/C13H21NO4/c1-3-4-5-6-10(15)8-12(16)14-11-7-9(2)18-13(11)17/h9,11H,3-8H2,1-2H3,(H,14,16)/t9-,11-/m0/s1. The maximum atomic E-state index is 11.6. The molecule has 5 heteroatoms. The van der Waals surface area contributed by atoms with Crippen molar-refractivity contribution in [3.8, 4) is 0 Å². The first-order valence-corrected chi connectivity index (χ1v) is 6.54. The van der Waals surface area contributed by atoms with E-state index in [-0.39, 0.29) is 24.2 Å². The van der Waals surface area contributed by atoms with Crippen molar-refractivity contribution < 1.29 is 19.1 Å². The van der Waals surface area contributed by atoms with Crippen LogP contribution in [0.4, 0.5) is 0 Å². The van der Waals surface area contributed by atoms with Gasteiger partial charge in [-0.25, -0.2) is 4.79 Å². The molecule has 102 valence electrons. The molecular formula is C13H21NO4. The lowest BCUT2D eigenvalue weighted by Gasteiger charge is -2.08. The van der Waals surface area contributed by atoms with Gasteiger partial charge < -0.3 is 10.1 Å². The zero-order valence-electron chi connectivity index (χ0n) is 11.0. The lowest BCUT2D eigenvalue weighted by atomic mass is 10.1. The van der Waals surface area contributed by atoms with Gasteiger partial charge in [0.2, 0.25) is 5.91 Å². The van der Waals surface area contributed by atoms with Crippen LogP contribution in [0.15, 0.2) is 0 Å². The van der Waals surface area contributed by atoms with Gasteiger partial charge in [-0.15, -0.1) is 0 Å². The molecular weight excluding hydrogens is 234 g/mol. The number of unbranched alkanes of at least 4 members (excludes halogenated alkanes) is 2. The molecule has 0 bridgehead atoms. The number of hydrogen-bond donors (Lipinski definition) is 1. The van der Waals surface area contributed by atoms with Gasteiger partial charge in [-0.2, -0.15) is 0 Å². The van der Waals surface area contributed by atoms with E-state index < -0.39 is 12.0 Å². The van der Waals surface area contributed by atoms with E-state index in [9.17, 15) is 14.4 Å². The summed E-state index contributed by atoms with van der Waals surface area (Å²) in [5.41, 5.74) is 0. The van der Waals surface area contributed by atoms with Gasteiger partial charge in [0.15, 0.2) is 0 Å². The molecule has 1 aliphatic rings. The van der Waals surface area contributed by atoms with E-state index in [1.165, 1.54) is 0 Å². The molecule has 1 aliphatic heterocycles. The van der Waals surface area contributed by atoms with E-state index >= 15 is 0 Å². The number of amides is 1. The van der Waals surface area contributed by atoms with Gasteiger partial charge in [-0.3, -0.25) is 9.59 Å². The minimum atomic E-state index is -0.587. The van der Waals surface area contributed by atoms with Gasteiger partial charge in [0.25, 0.3) is 0 Å². The van der Waals surface area contributed by atoms with Gasteiger partial charge in [-0.1, -0.05) is 19.8 Å². The largest absolute Gasteiger partial charge is 0.461 e. The van der Waals surface area contributed by atoms with Crippen LogP contribution in [0.2, 0.25) is 0 Å². The molecule has 0 saturated carbocycles. The van der Waals surface area contributed by atoms with Crippen LogP contribution in [0, 0.1) is 0 Å². The lowest BCUT2D eigenvalue weighted by Crippen LogP contribution is -2.38. The zero-order chi connectivity index (χ0) is 13.5. The molecule has 1 amide bonds. The van der Waals surface area contributed by atoms with E-state index in [2.05, 4.69) is 12.2 Å². The maximum absolute atomic E-state index is 11.6. The minimum absolute atomic E-state index is 0.0691. The molecule has 1 fully saturated rings. The Morgan fingerprint density at radius 1 is 1.39 bits per heavy atom. The molecule has 0 aromatic carbocycles. The molecule has 2 atom stereocenters. The number of ether oxygens (including phenoxy) is 1. The fraction of sp³-hybridized carbons (Fsp3) is 0.769. The maximum Gasteiger partial charge on any atom is 0.329 e. The summed E-state index contributed by atoms with van der Waals surface area (Å²) in [6, 6.07) is -0.587. The monoisotopic (exact) mass is 255 g/mol. The molecule has 5 nitrogen and oxygen atoms in total. The first-order valence-electron chi connectivity index (χ1n) is 6.54. The Hall–Kier alpha value is -1.39. The first kappa shape index (κ1) is 14.7. The Balaban J connectivity index is 2.25. The molecule has 1 rings (SSSR count). The van der Waals surface area contributed by atoms with Crippen molar-refractivity contribution in [1.82, 2.24) is 5.32 Å². The Morgan fingerprint density at radius 2 is 2.11 bits per heavy atom. The Labute approximate surface area is 107 Å². The molecule has 1 N–H and O–H groups in total.